The second-order valence-electron chi connectivity index (χ2n) is 9.89. The molecule has 1 saturated carbocycles. The first kappa shape index (κ1) is 22.0. The van der Waals surface area contributed by atoms with Crippen LogP contribution in [0.1, 0.15) is 56.6 Å². The van der Waals surface area contributed by atoms with Crippen LogP contribution in [0.2, 0.25) is 0 Å². The Bertz CT molecular complexity index is 791. The van der Waals surface area contributed by atoms with Crippen molar-refractivity contribution in [3.05, 3.63) is 23.8 Å². The molecular formula is C25H37N3O4. The topological polar surface area (TPSA) is 74.3 Å². The second kappa shape index (κ2) is 9.98. The third kappa shape index (κ3) is 4.90. The number of carbonyl (C=O) groups excluding carboxylic acids is 1. The summed E-state index contributed by atoms with van der Waals surface area (Å²) < 4.78 is 11.3. The first-order chi connectivity index (χ1) is 15.7. The van der Waals surface area contributed by atoms with Crippen LogP contribution in [-0.4, -0.2) is 78.8 Å². The predicted octanol–water partition coefficient (Wildman–Crippen LogP) is 2.34. The molecule has 7 nitrogen and oxygen atoms in total. The third-order valence-corrected chi connectivity index (χ3v) is 7.70. The van der Waals surface area contributed by atoms with E-state index >= 15 is 0 Å². The number of likely N-dealkylation sites (tertiary alicyclic amines) is 2. The summed E-state index contributed by atoms with van der Waals surface area (Å²) >= 11 is 0. The number of hydrogen-bond acceptors (Lipinski definition) is 6. The molecule has 176 valence electrons. The van der Waals surface area contributed by atoms with Gasteiger partial charge in [0.15, 0.2) is 11.5 Å². The molecule has 3 unspecified atom stereocenters. The van der Waals surface area contributed by atoms with Crippen molar-refractivity contribution in [1.29, 1.82) is 0 Å². The summed E-state index contributed by atoms with van der Waals surface area (Å²) in [5, 5.41) is 14.6. The molecule has 1 aromatic carbocycles. The Morgan fingerprint density at radius 2 is 1.78 bits per heavy atom. The van der Waals surface area contributed by atoms with Gasteiger partial charge in [-0.3, -0.25) is 9.69 Å². The monoisotopic (exact) mass is 443 g/mol. The van der Waals surface area contributed by atoms with Crippen LogP contribution in [0.15, 0.2) is 18.2 Å². The standard InChI is InChI=1S/C25H37N3O4/c29-24(18-7-8-22-23(15-18)32-14-13-31-22)21(17-27-10-3-4-11-27)26-25(30)19-9-12-28(16-19)20-5-1-2-6-20/h7-8,15,19-21,24,29H,1-6,9-14,16-17H2,(H,26,30). The average molecular weight is 444 g/mol. The summed E-state index contributed by atoms with van der Waals surface area (Å²) in [6.07, 6.45) is 7.67. The summed E-state index contributed by atoms with van der Waals surface area (Å²) in [4.78, 5) is 18.1. The number of amides is 1. The van der Waals surface area contributed by atoms with Crippen LogP contribution in [0, 0.1) is 5.92 Å². The van der Waals surface area contributed by atoms with Crippen LogP contribution in [-0.2, 0) is 4.79 Å². The van der Waals surface area contributed by atoms with Crippen molar-refractivity contribution < 1.29 is 19.4 Å². The molecule has 3 heterocycles. The molecular weight excluding hydrogens is 406 g/mol. The highest BCUT2D eigenvalue weighted by Crippen LogP contribution is 2.34. The van der Waals surface area contributed by atoms with Crippen molar-refractivity contribution in [2.24, 2.45) is 5.92 Å². The number of rotatable bonds is 7. The number of aliphatic hydroxyl groups is 1. The van der Waals surface area contributed by atoms with Crippen molar-refractivity contribution >= 4 is 5.91 Å². The minimum Gasteiger partial charge on any atom is -0.486 e. The van der Waals surface area contributed by atoms with E-state index < -0.39 is 6.10 Å². The summed E-state index contributed by atoms with van der Waals surface area (Å²) in [6.45, 7) is 5.65. The van der Waals surface area contributed by atoms with Crippen LogP contribution < -0.4 is 14.8 Å². The molecule has 32 heavy (non-hydrogen) atoms. The van der Waals surface area contributed by atoms with Crippen LogP contribution >= 0.6 is 0 Å². The molecule has 1 aromatic rings. The molecule has 4 aliphatic rings. The second-order valence-corrected chi connectivity index (χ2v) is 9.89. The van der Waals surface area contributed by atoms with Gasteiger partial charge in [-0.05, 0) is 69.4 Å². The van der Waals surface area contributed by atoms with Crippen molar-refractivity contribution in [2.75, 3.05) is 45.9 Å². The van der Waals surface area contributed by atoms with Crippen molar-refractivity contribution in [2.45, 2.75) is 63.1 Å². The Hall–Kier alpha value is -1.83. The average Bonchev–Trinajstić information content (AvgIpc) is 3.60. The van der Waals surface area contributed by atoms with Crippen LogP contribution in [0.25, 0.3) is 0 Å². The summed E-state index contributed by atoms with van der Waals surface area (Å²) in [6, 6.07) is 5.93. The molecule has 0 radical (unpaired) electrons. The highest BCUT2D eigenvalue weighted by Gasteiger charge is 2.35. The lowest BCUT2D eigenvalue weighted by atomic mass is 9.99. The van der Waals surface area contributed by atoms with Crippen molar-refractivity contribution in [1.82, 2.24) is 15.1 Å². The maximum Gasteiger partial charge on any atom is 0.224 e. The minimum atomic E-state index is -0.789. The fourth-order valence-corrected chi connectivity index (χ4v) is 5.85. The van der Waals surface area contributed by atoms with Gasteiger partial charge in [0.2, 0.25) is 5.91 Å². The lowest BCUT2D eigenvalue weighted by molar-refractivity contribution is -0.126. The fourth-order valence-electron chi connectivity index (χ4n) is 5.85. The van der Waals surface area contributed by atoms with Gasteiger partial charge in [0.1, 0.15) is 19.3 Å². The van der Waals surface area contributed by atoms with E-state index in [9.17, 15) is 9.90 Å². The molecule has 0 aromatic heterocycles. The SMILES string of the molecule is O=C(NC(CN1CCCC1)C(O)c1ccc2c(c1)OCCO2)C1CCN(C2CCCC2)C1. The van der Waals surface area contributed by atoms with Gasteiger partial charge in [-0.25, -0.2) is 0 Å². The third-order valence-electron chi connectivity index (χ3n) is 7.70. The normalized spacial score (nSPS) is 26.3. The zero-order valence-electron chi connectivity index (χ0n) is 19.0. The Morgan fingerprint density at radius 1 is 1.03 bits per heavy atom. The number of benzene rings is 1. The maximum absolute atomic E-state index is 13.2. The van der Waals surface area contributed by atoms with Gasteiger partial charge in [-0.1, -0.05) is 18.9 Å². The molecule has 7 heteroatoms. The number of nitrogens with one attached hydrogen (secondary N) is 1. The molecule has 3 aliphatic heterocycles. The molecule has 1 amide bonds. The first-order valence-electron chi connectivity index (χ1n) is 12.5. The van der Waals surface area contributed by atoms with Gasteiger partial charge in [-0.2, -0.15) is 0 Å². The lowest BCUT2D eigenvalue weighted by Crippen LogP contribution is -2.49. The van der Waals surface area contributed by atoms with Crippen LogP contribution in [0.3, 0.4) is 0 Å². The fraction of sp³-hybridized carbons (Fsp3) is 0.720. The van der Waals surface area contributed by atoms with Crippen LogP contribution in [0.5, 0.6) is 11.5 Å². The van der Waals surface area contributed by atoms with Gasteiger partial charge in [0, 0.05) is 19.1 Å². The highest BCUT2D eigenvalue weighted by molar-refractivity contribution is 5.79. The first-order valence-corrected chi connectivity index (χ1v) is 12.5. The summed E-state index contributed by atoms with van der Waals surface area (Å²) in [7, 11) is 0. The van der Waals surface area contributed by atoms with E-state index in [1.807, 2.05) is 18.2 Å². The minimum absolute atomic E-state index is 0.0177. The molecule has 3 atom stereocenters. The number of fused-ring (bicyclic) bond motifs is 1. The smallest absolute Gasteiger partial charge is 0.224 e. The number of carbonyl (C=O) groups is 1. The Labute approximate surface area is 191 Å². The number of nitrogens with zero attached hydrogens (tertiary/aromatic N) is 2. The molecule has 1 aliphatic carbocycles. The number of aliphatic hydroxyl groups excluding tert-OH is 1. The lowest BCUT2D eigenvalue weighted by Gasteiger charge is -2.30. The molecule has 0 spiro atoms. The molecule has 0 bridgehead atoms. The van der Waals surface area contributed by atoms with E-state index in [0.29, 0.717) is 37.3 Å². The largest absolute Gasteiger partial charge is 0.486 e. The van der Waals surface area contributed by atoms with E-state index in [4.69, 9.17) is 9.47 Å². The summed E-state index contributed by atoms with van der Waals surface area (Å²) in [5.74, 6) is 1.49. The Morgan fingerprint density at radius 3 is 2.56 bits per heavy atom. The van der Waals surface area contributed by atoms with Crippen LogP contribution in [0.4, 0.5) is 0 Å². The molecule has 2 saturated heterocycles. The van der Waals surface area contributed by atoms with E-state index in [2.05, 4.69) is 15.1 Å². The van der Waals surface area contributed by atoms with E-state index in [1.54, 1.807) is 0 Å². The van der Waals surface area contributed by atoms with Gasteiger partial charge in [0.25, 0.3) is 0 Å². The van der Waals surface area contributed by atoms with Crippen molar-refractivity contribution in [3.8, 4) is 11.5 Å². The Kier molecular flexibility index (Phi) is 6.85. The number of hydrogen-bond donors (Lipinski definition) is 2. The predicted molar refractivity (Wildman–Crippen MR) is 122 cm³/mol. The zero-order chi connectivity index (χ0) is 21.9. The quantitative estimate of drug-likeness (QED) is 0.674. The van der Waals surface area contributed by atoms with Gasteiger partial charge >= 0.3 is 0 Å². The molecule has 3 fully saturated rings. The van der Waals surface area contributed by atoms with Crippen molar-refractivity contribution in [3.63, 3.8) is 0 Å². The summed E-state index contributed by atoms with van der Waals surface area (Å²) in [5.41, 5.74) is 0.762. The van der Waals surface area contributed by atoms with E-state index in [-0.39, 0.29) is 17.9 Å². The van der Waals surface area contributed by atoms with E-state index in [1.165, 1.54) is 38.5 Å². The number of ether oxygens (including phenoxy) is 2. The van der Waals surface area contributed by atoms with E-state index in [0.717, 1.165) is 38.2 Å². The maximum atomic E-state index is 13.2. The van der Waals surface area contributed by atoms with Gasteiger partial charge in [0.05, 0.1) is 12.0 Å². The highest BCUT2D eigenvalue weighted by atomic mass is 16.6. The zero-order valence-corrected chi connectivity index (χ0v) is 19.0. The molecule has 2 N–H and O–H groups in total. The molecule has 5 rings (SSSR count). The van der Waals surface area contributed by atoms with Gasteiger partial charge in [-0.15, -0.1) is 0 Å². The van der Waals surface area contributed by atoms with Gasteiger partial charge < -0.3 is 24.8 Å². The Balaban J connectivity index is 1.26.